The summed E-state index contributed by atoms with van der Waals surface area (Å²) in [5, 5.41) is 1.60. The molecule has 1 aliphatic heterocycles. The lowest BCUT2D eigenvalue weighted by Crippen LogP contribution is -2.37. The van der Waals surface area contributed by atoms with Crippen molar-refractivity contribution in [3.63, 3.8) is 0 Å². The Balaban J connectivity index is 1.84. The molecule has 0 saturated carbocycles. The number of rotatable bonds is 5. The van der Waals surface area contributed by atoms with Gasteiger partial charge >= 0.3 is 12.1 Å². The number of amides is 2. The third-order valence-corrected chi connectivity index (χ3v) is 3.64. The highest BCUT2D eigenvalue weighted by Crippen LogP contribution is 2.26. The van der Waals surface area contributed by atoms with Crippen LogP contribution in [0.1, 0.15) is 12.0 Å². The van der Waals surface area contributed by atoms with Crippen LogP contribution in [-0.2, 0) is 19.1 Å². The van der Waals surface area contributed by atoms with Gasteiger partial charge in [-0.25, -0.2) is 0 Å². The fourth-order valence-corrected chi connectivity index (χ4v) is 2.34. The van der Waals surface area contributed by atoms with Crippen LogP contribution >= 0.6 is 0 Å². The molecule has 1 saturated heterocycles. The van der Waals surface area contributed by atoms with Crippen LogP contribution in [-0.4, -0.2) is 43.7 Å². The number of esters is 1. The fourth-order valence-electron chi connectivity index (χ4n) is 2.34. The third-order valence-electron chi connectivity index (χ3n) is 3.64. The predicted octanol–water partition coefficient (Wildman–Crippen LogP) is 1.57. The number of nitrogens with one attached hydrogen (secondary N) is 1. The van der Waals surface area contributed by atoms with E-state index < -0.39 is 37.1 Å². The standard InChI is InChI=1S/C16H17F3N2O4/c1-10-2-4-12(5-3-10)21-7-11(6-14(21)23)15(24)25-8-13(22)20-9-16(17,18)19/h2-5,11H,6-9H2,1H3,(H,20,22). The summed E-state index contributed by atoms with van der Waals surface area (Å²) >= 11 is 0. The number of aryl methyl sites for hydroxylation is 1. The molecule has 1 fully saturated rings. The van der Waals surface area contributed by atoms with Gasteiger partial charge in [-0.05, 0) is 19.1 Å². The largest absolute Gasteiger partial charge is 0.455 e. The number of carbonyl (C=O) groups excluding carboxylic acids is 3. The minimum Gasteiger partial charge on any atom is -0.455 e. The van der Waals surface area contributed by atoms with Crippen molar-refractivity contribution in [1.29, 1.82) is 0 Å². The van der Waals surface area contributed by atoms with E-state index in [9.17, 15) is 27.6 Å². The zero-order valence-electron chi connectivity index (χ0n) is 13.4. The van der Waals surface area contributed by atoms with Crippen LogP contribution in [0.3, 0.4) is 0 Å². The number of halogens is 3. The van der Waals surface area contributed by atoms with Crippen molar-refractivity contribution in [3.8, 4) is 0 Å². The monoisotopic (exact) mass is 358 g/mol. The number of ether oxygens (including phenoxy) is 1. The molecule has 0 spiro atoms. The molecular formula is C16H17F3N2O4. The molecule has 0 aromatic heterocycles. The number of hydrogen-bond donors (Lipinski definition) is 1. The molecule has 2 rings (SSSR count). The van der Waals surface area contributed by atoms with Gasteiger partial charge in [-0.1, -0.05) is 17.7 Å². The maximum atomic E-state index is 12.0. The molecule has 1 aromatic rings. The highest BCUT2D eigenvalue weighted by atomic mass is 19.4. The van der Waals surface area contributed by atoms with E-state index in [4.69, 9.17) is 4.74 Å². The first kappa shape index (κ1) is 18.8. The molecular weight excluding hydrogens is 341 g/mol. The minimum atomic E-state index is -4.54. The number of hydrogen-bond acceptors (Lipinski definition) is 4. The third kappa shape index (κ3) is 5.47. The van der Waals surface area contributed by atoms with Crippen LogP contribution < -0.4 is 10.2 Å². The second kappa shape index (κ2) is 7.54. The molecule has 25 heavy (non-hydrogen) atoms. The van der Waals surface area contributed by atoms with Crippen molar-refractivity contribution >= 4 is 23.5 Å². The molecule has 1 N–H and O–H groups in total. The summed E-state index contributed by atoms with van der Waals surface area (Å²) in [4.78, 5) is 36.6. The Morgan fingerprint density at radius 2 is 1.92 bits per heavy atom. The first-order valence-corrected chi connectivity index (χ1v) is 7.53. The topological polar surface area (TPSA) is 75.7 Å². The average molecular weight is 358 g/mol. The SMILES string of the molecule is Cc1ccc(N2CC(C(=O)OCC(=O)NCC(F)(F)F)CC2=O)cc1. The first-order valence-electron chi connectivity index (χ1n) is 7.53. The molecule has 0 bridgehead atoms. The second-order valence-corrected chi connectivity index (χ2v) is 5.74. The van der Waals surface area contributed by atoms with E-state index in [1.54, 1.807) is 17.4 Å². The Morgan fingerprint density at radius 3 is 2.52 bits per heavy atom. The van der Waals surface area contributed by atoms with Crippen molar-refractivity contribution < 1.29 is 32.3 Å². The normalized spacial score (nSPS) is 17.5. The Kier molecular flexibility index (Phi) is 5.66. The van der Waals surface area contributed by atoms with E-state index in [1.165, 1.54) is 4.90 Å². The lowest BCUT2D eigenvalue weighted by atomic mass is 10.1. The van der Waals surface area contributed by atoms with Gasteiger partial charge in [0.25, 0.3) is 5.91 Å². The number of nitrogens with zero attached hydrogens (tertiary/aromatic N) is 1. The van der Waals surface area contributed by atoms with Gasteiger partial charge in [-0.3, -0.25) is 14.4 Å². The molecule has 1 unspecified atom stereocenters. The van der Waals surface area contributed by atoms with Crippen LogP contribution in [0.15, 0.2) is 24.3 Å². The van der Waals surface area contributed by atoms with Gasteiger partial charge in [-0.15, -0.1) is 0 Å². The summed E-state index contributed by atoms with van der Waals surface area (Å²) in [7, 11) is 0. The molecule has 136 valence electrons. The fraction of sp³-hybridized carbons (Fsp3) is 0.438. The van der Waals surface area contributed by atoms with Crippen LogP contribution in [0.25, 0.3) is 0 Å². The molecule has 0 radical (unpaired) electrons. The van der Waals surface area contributed by atoms with Gasteiger partial charge in [0.2, 0.25) is 5.91 Å². The molecule has 1 atom stereocenters. The highest BCUT2D eigenvalue weighted by molar-refractivity contribution is 5.99. The minimum absolute atomic E-state index is 0.0725. The number of anilines is 1. The first-order chi connectivity index (χ1) is 11.7. The van der Waals surface area contributed by atoms with E-state index in [1.807, 2.05) is 19.1 Å². The molecule has 1 aromatic carbocycles. The van der Waals surface area contributed by atoms with Crippen molar-refractivity contribution in [1.82, 2.24) is 5.32 Å². The predicted molar refractivity (Wildman–Crippen MR) is 81.7 cm³/mol. The van der Waals surface area contributed by atoms with Gasteiger partial charge < -0.3 is 15.0 Å². The van der Waals surface area contributed by atoms with Crippen LogP contribution in [0.4, 0.5) is 18.9 Å². The summed E-state index contributed by atoms with van der Waals surface area (Å²) in [6.07, 6.45) is -4.61. The maximum absolute atomic E-state index is 12.0. The van der Waals surface area contributed by atoms with Crippen LogP contribution in [0.2, 0.25) is 0 Å². The summed E-state index contributed by atoms with van der Waals surface area (Å²) in [5.74, 6) is -2.85. The van der Waals surface area contributed by atoms with Gasteiger partial charge in [0.15, 0.2) is 6.61 Å². The zero-order chi connectivity index (χ0) is 18.6. The highest BCUT2D eigenvalue weighted by Gasteiger charge is 2.36. The van der Waals surface area contributed by atoms with E-state index in [2.05, 4.69) is 0 Å². The maximum Gasteiger partial charge on any atom is 0.405 e. The lowest BCUT2D eigenvalue weighted by Gasteiger charge is -2.16. The summed E-state index contributed by atoms with van der Waals surface area (Å²) in [5.41, 5.74) is 1.67. The smallest absolute Gasteiger partial charge is 0.405 e. The molecule has 2 amide bonds. The van der Waals surface area contributed by atoms with Gasteiger partial charge in [-0.2, -0.15) is 13.2 Å². The molecule has 9 heteroatoms. The lowest BCUT2D eigenvalue weighted by molar-refractivity contribution is -0.154. The van der Waals surface area contributed by atoms with Crippen LogP contribution in [0.5, 0.6) is 0 Å². The zero-order valence-corrected chi connectivity index (χ0v) is 13.4. The Bertz CT molecular complexity index is 658. The summed E-state index contributed by atoms with van der Waals surface area (Å²) in [6.45, 7) is -0.304. The Hall–Kier alpha value is -2.58. The average Bonchev–Trinajstić information content (AvgIpc) is 2.92. The molecule has 1 aliphatic rings. The van der Waals surface area contributed by atoms with E-state index in [0.29, 0.717) is 5.69 Å². The number of carbonyl (C=O) groups is 3. The van der Waals surface area contributed by atoms with Crippen molar-refractivity contribution in [2.45, 2.75) is 19.5 Å². The van der Waals surface area contributed by atoms with Gasteiger partial charge in [0.05, 0.1) is 5.92 Å². The molecule has 6 nitrogen and oxygen atoms in total. The van der Waals surface area contributed by atoms with Crippen molar-refractivity contribution in [3.05, 3.63) is 29.8 Å². The van der Waals surface area contributed by atoms with E-state index in [0.717, 1.165) is 5.56 Å². The Morgan fingerprint density at radius 1 is 1.28 bits per heavy atom. The van der Waals surface area contributed by atoms with Crippen molar-refractivity contribution in [2.24, 2.45) is 5.92 Å². The van der Waals surface area contributed by atoms with Crippen LogP contribution in [0, 0.1) is 12.8 Å². The summed E-state index contributed by atoms with van der Waals surface area (Å²) in [6, 6.07) is 7.18. The van der Waals surface area contributed by atoms with Crippen molar-refractivity contribution in [2.75, 3.05) is 24.6 Å². The number of alkyl halides is 3. The quantitative estimate of drug-likeness (QED) is 0.811. The van der Waals surface area contributed by atoms with E-state index in [-0.39, 0.29) is 18.9 Å². The van der Waals surface area contributed by atoms with Gasteiger partial charge in [0, 0.05) is 18.7 Å². The summed E-state index contributed by atoms with van der Waals surface area (Å²) < 4.78 is 40.6. The van der Waals surface area contributed by atoms with Gasteiger partial charge in [0.1, 0.15) is 6.54 Å². The van der Waals surface area contributed by atoms with E-state index >= 15 is 0 Å². The second-order valence-electron chi connectivity index (χ2n) is 5.74. The molecule has 1 heterocycles. The Labute approximate surface area is 141 Å². The number of benzene rings is 1. The molecule has 0 aliphatic carbocycles.